The van der Waals surface area contributed by atoms with Crippen molar-refractivity contribution in [1.29, 1.82) is 0 Å². The van der Waals surface area contributed by atoms with Crippen LogP contribution in [0.5, 0.6) is 0 Å². The van der Waals surface area contributed by atoms with Crippen LogP contribution in [0, 0.1) is 0 Å². The van der Waals surface area contributed by atoms with Gasteiger partial charge in [0.25, 0.3) is 9.05 Å². The zero-order chi connectivity index (χ0) is 13.2. The largest absolute Gasteiger partial charge is 0.272 e. The zero-order valence-electron chi connectivity index (χ0n) is 9.88. The maximum atomic E-state index is 11.1. The first-order valence-electron chi connectivity index (χ1n) is 5.58. The van der Waals surface area contributed by atoms with E-state index in [-0.39, 0.29) is 4.90 Å². The van der Waals surface area contributed by atoms with Gasteiger partial charge >= 0.3 is 0 Å². The van der Waals surface area contributed by atoms with E-state index in [4.69, 9.17) is 10.7 Å². The van der Waals surface area contributed by atoms with E-state index in [1.807, 2.05) is 10.9 Å². The van der Waals surface area contributed by atoms with Crippen molar-refractivity contribution in [2.75, 3.05) is 0 Å². The highest BCUT2D eigenvalue weighted by molar-refractivity contribution is 8.13. The lowest BCUT2D eigenvalue weighted by molar-refractivity contribution is 0.603. The maximum absolute atomic E-state index is 11.1. The van der Waals surface area contributed by atoms with Crippen molar-refractivity contribution in [3.05, 3.63) is 36.7 Å². The smallest absolute Gasteiger partial charge is 0.261 e. The fraction of sp³-hybridized carbons (Fsp3) is 0.250. The van der Waals surface area contributed by atoms with Gasteiger partial charge < -0.3 is 0 Å². The molecule has 0 N–H and O–H groups in total. The lowest BCUT2D eigenvalue weighted by Crippen LogP contribution is -1.95. The molecule has 18 heavy (non-hydrogen) atoms. The van der Waals surface area contributed by atoms with Crippen LogP contribution in [0.1, 0.15) is 13.3 Å². The zero-order valence-corrected chi connectivity index (χ0v) is 11.4. The molecule has 96 valence electrons. The Balaban J connectivity index is 2.28. The highest BCUT2D eigenvalue weighted by Gasteiger charge is 2.09. The Labute approximate surface area is 111 Å². The van der Waals surface area contributed by atoms with Crippen LogP contribution in [0.15, 0.2) is 41.6 Å². The molecule has 1 heterocycles. The van der Waals surface area contributed by atoms with Gasteiger partial charge in [-0.25, -0.2) is 8.42 Å². The van der Waals surface area contributed by atoms with Crippen LogP contribution in [0.2, 0.25) is 0 Å². The van der Waals surface area contributed by atoms with E-state index >= 15 is 0 Å². The van der Waals surface area contributed by atoms with E-state index < -0.39 is 9.05 Å². The summed E-state index contributed by atoms with van der Waals surface area (Å²) in [6, 6.07) is 6.44. The number of aryl methyl sites for hydroxylation is 1. The van der Waals surface area contributed by atoms with E-state index in [0.717, 1.165) is 24.1 Å². The summed E-state index contributed by atoms with van der Waals surface area (Å²) in [4.78, 5) is 0.105. The van der Waals surface area contributed by atoms with E-state index in [1.165, 1.54) is 12.1 Å². The van der Waals surface area contributed by atoms with Gasteiger partial charge in [0.05, 0.1) is 11.1 Å². The second-order valence-corrected chi connectivity index (χ2v) is 6.52. The molecule has 0 aliphatic heterocycles. The average Bonchev–Trinajstić information content (AvgIpc) is 2.77. The van der Waals surface area contributed by atoms with E-state index in [0.29, 0.717) is 0 Å². The normalized spacial score (nSPS) is 11.7. The van der Waals surface area contributed by atoms with Crippen LogP contribution in [0.4, 0.5) is 0 Å². The van der Waals surface area contributed by atoms with Crippen molar-refractivity contribution in [3.63, 3.8) is 0 Å². The topological polar surface area (TPSA) is 52.0 Å². The van der Waals surface area contributed by atoms with Crippen LogP contribution in [0.3, 0.4) is 0 Å². The minimum absolute atomic E-state index is 0.105. The molecule has 0 saturated heterocycles. The van der Waals surface area contributed by atoms with Gasteiger partial charge in [-0.05, 0) is 24.1 Å². The molecule has 0 bridgehead atoms. The highest BCUT2D eigenvalue weighted by Crippen LogP contribution is 2.22. The monoisotopic (exact) mass is 284 g/mol. The number of hydrogen-bond donors (Lipinski definition) is 0. The molecule has 6 heteroatoms. The molecule has 0 amide bonds. The van der Waals surface area contributed by atoms with E-state index in [9.17, 15) is 8.42 Å². The fourth-order valence-electron chi connectivity index (χ4n) is 1.67. The van der Waals surface area contributed by atoms with Crippen molar-refractivity contribution in [3.8, 4) is 11.1 Å². The number of nitrogens with zero attached hydrogens (tertiary/aromatic N) is 2. The molecule has 0 spiro atoms. The van der Waals surface area contributed by atoms with Gasteiger partial charge in [-0.3, -0.25) is 4.68 Å². The molecule has 0 aliphatic carbocycles. The van der Waals surface area contributed by atoms with Crippen LogP contribution in [-0.2, 0) is 15.6 Å². The fourth-order valence-corrected chi connectivity index (χ4v) is 2.44. The minimum atomic E-state index is -3.65. The summed E-state index contributed by atoms with van der Waals surface area (Å²) in [6.45, 7) is 2.95. The molecular weight excluding hydrogens is 272 g/mol. The Morgan fingerprint density at radius 1 is 1.22 bits per heavy atom. The molecule has 1 aromatic carbocycles. The van der Waals surface area contributed by atoms with Gasteiger partial charge in [-0.2, -0.15) is 5.10 Å². The third-order valence-electron chi connectivity index (χ3n) is 2.56. The van der Waals surface area contributed by atoms with Crippen molar-refractivity contribution in [1.82, 2.24) is 9.78 Å². The van der Waals surface area contributed by atoms with Crippen molar-refractivity contribution in [2.45, 2.75) is 24.8 Å². The molecule has 0 radical (unpaired) electrons. The molecule has 2 aromatic rings. The molecule has 1 aromatic heterocycles. The van der Waals surface area contributed by atoms with E-state index in [1.54, 1.807) is 18.3 Å². The lowest BCUT2D eigenvalue weighted by Gasteiger charge is -1.99. The Hall–Kier alpha value is -1.33. The van der Waals surface area contributed by atoms with Crippen LogP contribution < -0.4 is 0 Å². The predicted octanol–water partition coefficient (Wildman–Crippen LogP) is 2.89. The van der Waals surface area contributed by atoms with Crippen molar-refractivity contribution >= 4 is 19.7 Å². The predicted molar refractivity (Wildman–Crippen MR) is 71.0 cm³/mol. The Morgan fingerprint density at radius 3 is 2.44 bits per heavy atom. The second-order valence-electron chi connectivity index (χ2n) is 3.95. The second kappa shape index (κ2) is 5.12. The first-order chi connectivity index (χ1) is 8.50. The molecule has 0 fully saturated rings. The Kier molecular flexibility index (Phi) is 3.73. The highest BCUT2D eigenvalue weighted by atomic mass is 35.7. The first kappa shape index (κ1) is 13.1. The third-order valence-corrected chi connectivity index (χ3v) is 3.92. The minimum Gasteiger partial charge on any atom is -0.272 e. The maximum Gasteiger partial charge on any atom is 0.261 e. The summed E-state index contributed by atoms with van der Waals surface area (Å²) in [5.74, 6) is 0. The van der Waals surface area contributed by atoms with Gasteiger partial charge in [0.1, 0.15) is 0 Å². The molecular formula is C12H13ClN2O2S. The molecule has 0 aliphatic rings. The summed E-state index contributed by atoms with van der Waals surface area (Å²) in [5, 5.41) is 4.23. The summed E-state index contributed by atoms with van der Waals surface area (Å²) in [7, 11) is 1.60. The SMILES string of the molecule is CCCn1cc(-c2ccc(S(=O)(=O)Cl)cc2)cn1. The van der Waals surface area contributed by atoms with Gasteiger partial charge in [0, 0.05) is 29.0 Å². The lowest BCUT2D eigenvalue weighted by atomic mass is 10.1. The van der Waals surface area contributed by atoms with Gasteiger partial charge in [0.15, 0.2) is 0 Å². The number of benzene rings is 1. The molecule has 0 unspecified atom stereocenters. The Bertz CT molecular complexity index is 632. The van der Waals surface area contributed by atoms with Crippen molar-refractivity contribution < 1.29 is 8.42 Å². The molecule has 2 rings (SSSR count). The summed E-state index contributed by atoms with van der Waals surface area (Å²) >= 11 is 0. The van der Waals surface area contributed by atoms with Crippen LogP contribution >= 0.6 is 10.7 Å². The van der Waals surface area contributed by atoms with Crippen LogP contribution in [0.25, 0.3) is 11.1 Å². The number of hydrogen-bond acceptors (Lipinski definition) is 3. The number of halogens is 1. The quantitative estimate of drug-likeness (QED) is 0.811. The summed E-state index contributed by atoms with van der Waals surface area (Å²) < 4.78 is 24.1. The summed E-state index contributed by atoms with van der Waals surface area (Å²) in [5.41, 5.74) is 1.88. The van der Waals surface area contributed by atoms with Gasteiger partial charge in [-0.15, -0.1) is 0 Å². The molecule has 4 nitrogen and oxygen atoms in total. The molecule has 0 atom stereocenters. The molecule has 0 saturated carbocycles. The first-order valence-corrected chi connectivity index (χ1v) is 7.89. The van der Waals surface area contributed by atoms with Gasteiger partial charge in [-0.1, -0.05) is 19.1 Å². The number of rotatable bonds is 4. The van der Waals surface area contributed by atoms with E-state index in [2.05, 4.69) is 12.0 Å². The summed E-state index contributed by atoms with van der Waals surface area (Å²) in [6.07, 6.45) is 4.72. The van der Waals surface area contributed by atoms with Gasteiger partial charge in [0.2, 0.25) is 0 Å². The third kappa shape index (κ3) is 2.91. The Morgan fingerprint density at radius 2 is 1.89 bits per heavy atom. The standard InChI is InChI=1S/C12H13ClN2O2S/c1-2-7-15-9-11(8-14-15)10-3-5-12(6-4-10)18(13,16)17/h3-6,8-9H,2,7H2,1H3. The average molecular weight is 285 g/mol. The number of aromatic nitrogens is 2. The van der Waals surface area contributed by atoms with Crippen LogP contribution in [-0.4, -0.2) is 18.2 Å². The van der Waals surface area contributed by atoms with Crippen molar-refractivity contribution in [2.24, 2.45) is 0 Å².